The molecule has 0 heterocycles. The summed E-state index contributed by atoms with van der Waals surface area (Å²) in [6.07, 6.45) is 5.46. The largest absolute Gasteiger partial charge is 0.315 e. The van der Waals surface area contributed by atoms with Crippen molar-refractivity contribution in [2.24, 2.45) is 0 Å². The molecule has 0 unspecified atom stereocenters. The van der Waals surface area contributed by atoms with Gasteiger partial charge in [-0.1, -0.05) is 12.8 Å². The zero-order valence-corrected chi connectivity index (χ0v) is 9.43. The summed E-state index contributed by atoms with van der Waals surface area (Å²) in [4.78, 5) is 0. The van der Waals surface area contributed by atoms with Crippen molar-refractivity contribution in [3.63, 3.8) is 0 Å². The van der Waals surface area contributed by atoms with Crippen molar-refractivity contribution in [3.8, 4) is 0 Å². The number of hydrogen-bond acceptors (Lipinski definition) is 2. The minimum Gasteiger partial charge on any atom is -0.315 e. The van der Waals surface area contributed by atoms with Gasteiger partial charge in [0, 0.05) is 12.1 Å². The van der Waals surface area contributed by atoms with Gasteiger partial charge in [0.15, 0.2) is 0 Å². The van der Waals surface area contributed by atoms with Gasteiger partial charge in [0.1, 0.15) is 0 Å². The molecule has 2 N–H and O–H groups in total. The molecule has 2 nitrogen and oxygen atoms in total. The Morgan fingerprint density at radius 1 is 0.833 bits per heavy atom. The molecule has 76 valence electrons. The maximum Gasteiger partial charge on any atom is 0.0218 e. The maximum absolute atomic E-state index is 3.34. The van der Waals surface area contributed by atoms with E-state index in [2.05, 4.69) is 24.7 Å². The first-order valence-corrected chi connectivity index (χ1v) is 4.23. The quantitative estimate of drug-likeness (QED) is 0.730. The SMILES string of the molecule is CN[C@H]1CCCC[C@H]1NC.Cl.Cl. The lowest BCUT2D eigenvalue weighted by molar-refractivity contribution is 0.309. The van der Waals surface area contributed by atoms with Crippen LogP contribution in [0, 0.1) is 0 Å². The molecule has 1 aliphatic carbocycles. The van der Waals surface area contributed by atoms with Crippen LogP contribution in [0.3, 0.4) is 0 Å². The Morgan fingerprint density at radius 2 is 1.17 bits per heavy atom. The molecule has 0 spiro atoms. The molecule has 2 atom stereocenters. The van der Waals surface area contributed by atoms with E-state index in [0.29, 0.717) is 12.1 Å². The van der Waals surface area contributed by atoms with Gasteiger partial charge in [0.2, 0.25) is 0 Å². The standard InChI is InChI=1S/C8H18N2.2ClH/c1-9-7-5-3-4-6-8(7)10-2;;/h7-10H,3-6H2,1-2H3;2*1H/t7-,8+;;. The lowest BCUT2D eigenvalue weighted by Crippen LogP contribution is -2.47. The van der Waals surface area contributed by atoms with E-state index in [1.165, 1.54) is 25.7 Å². The molecule has 4 heteroatoms. The maximum atomic E-state index is 3.34. The Bertz CT molecular complexity index is 89.1. The Hall–Kier alpha value is 0.500. The number of likely N-dealkylation sites (N-methyl/N-ethyl adjacent to an activating group) is 2. The summed E-state index contributed by atoms with van der Waals surface area (Å²) in [5, 5.41) is 6.68. The van der Waals surface area contributed by atoms with Crippen LogP contribution >= 0.6 is 24.8 Å². The van der Waals surface area contributed by atoms with Crippen LogP contribution in [0.2, 0.25) is 0 Å². The number of rotatable bonds is 2. The van der Waals surface area contributed by atoms with E-state index in [9.17, 15) is 0 Å². The number of nitrogens with one attached hydrogen (secondary N) is 2. The van der Waals surface area contributed by atoms with Gasteiger partial charge in [-0.2, -0.15) is 0 Å². The van der Waals surface area contributed by atoms with Gasteiger partial charge in [-0.3, -0.25) is 0 Å². The molecule has 0 bridgehead atoms. The summed E-state index contributed by atoms with van der Waals surface area (Å²) in [5.74, 6) is 0. The first-order chi connectivity index (χ1) is 4.88. The average Bonchev–Trinajstić information content (AvgIpc) is 2.04. The lowest BCUT2D eigenvalue weighted by Gasteiger charge is -2.30. The van der Waals surface area contributed by atoms with Gasteiger partial charge in [-0.05, 0) is 26.9 Å². The van der Waals surface area contributed by atoms with Gasteiger partial charge in [-0.25, -0.2) is 0 Å². The second kappa shape index (κ2) is 8.11. The van der Waals surface area contributed by atoms with Gasteiger partial charge >= 0.3 is 0 Å². The van der Waals surface area contributed by atoms with Crippen LogP contribution in [0.1, 0.15) is 25.7 Å². The predicted octanol–water partition coefficient (Wildman–Crippen LogP) is 1.58. The zero-order chi connectivity index (χ0) is 7.40. The Morgan fingerprint density at radius 3 is 1.42 bits per heavy atom. The average molecular weight is 215 g/mol. The third-order valence-corrected chi connectivity index (χ3v) is 2.51. The molecular formula is C8H20Cl2N2. The summed E-state index contributed by atoms with van der Waals surface area (Å²) in [7, 11) is 4.11. The molecule has 1 rings (SSSR count). The number of halogens is 2. The van der Waals surface area contributed by atoms with Crippen molar-refractivity contribution in [1.29, 1.82) is 0 Å². The van der Waals surface area contributed by atoms with E-state index in [-0.39, 0.29) is 24.8 Å². The van der Waals surface area contributed by atoms with Crippen LogP contribution in [-0.2, 0) is 0 Å². The van der Waals surface area contributed by atoms with E-state index in [4.69, 9.17) is 0 Å². The van der Waals surface area contributed by atoms with Crippen LogP contribution in [0.25, 0.3) is 0 Å². The van der Waals surface area contributed by atoms with Gasteiger partial charge in [0.25, 0.3) is 0 Å². The van der Waals surface area contributed by atoms with Crippen molar-refractivity contribution >= 4 is 24.8 Å². The molecule has 0 aliphatic heterocycles. The molecule has 0 aromatic rings. The smallest absolute Gasteiger partial charge is 0.0218 e. The van der Waals surface area contributed by atoms with Crippen molar-refractivity contribution in [2.75, 3.05) is 14.1 Å². The highest BCUT2D eigenvalue weighted by Crippen LogP contribution is 2.17. The fourth-order valence-electron chi connectivity index (χ4n) is 1.82. The van der Waals surface area contributed by atoms with Crippen LogP contribution in [-0.4, -0.2) is 26.2 Å². The second-order valence-electron chi connectivity index (χ2n) is 3.07. The van der Waals surface area contributed by atoms with Crippen LogP contribution in [0.4, 0.5) is 0 Å². The highest BCUT2D eigenvalue weighted by molar-refractivity contribution is 5.85. The van der Waals surface area contributed by atoms with Gasteiger partial charge in [0.05, 0.1) is 0 Å². The summed E-state index contributed by atoms with van der Waals surface area (Å²) in [6, 6.07) is 1.41. The molecule has 1 saturated carbocycles. The molecule has 0 amide bonds. The van der Waals surface area contributed by atoms with E-state index in [1.807, 2.05) is 0 Å². The van der Waals surface area contributed by atoms with Gasteiger partial charge < -0.3 is 10.6 Å². The van der Waals surface area contributed by atoms with Crippen LogP contribution < -0.4 is 10.6 Å². The molecule has 0 aromatic heterocycles. The Balaban J connectivity index is 0. The lowest BCUT2D eigenvalue weighted by atomic mass is 9.91. The minimum absolute atomic E-state index is 0. The molecular weight excluding hydrogens is 195 g/mol. The van der Waals surface area contributed by atoms with E-state index in [1.54, 1.807) is 0 Å². The Labute approximate surface area is 87.7 Å². The summed E-state index contributed by atoms with van der Waals surface area (Å²) >= 11 is 0. The first kappa shape index (κ1) is 15.0. The highest BCUT2D eigenvalue weighted by atomic mass is 35.5. The van der Waals surface area contributed by atoms with Crippen LogP contribution in [0.5, 0.6) is 0 Å². The van der Waals surface area contributed by atoms with Gasteiger partial charge in [-0.15, -0.1) is 24.8 Å². The summed E-state index contributed by atoms with van der Waals surface area (Å²) in [5.41, 5.74) is 0. The normalized spacial score (nSPS) is 28.5. The van der Waals surface area contributed by atoms with Crippen molar-refractivity contribution in [1.82, 2.24) is 10.6 Å². The minimum atomic E-state index is 0. The van der Waals surface area contributed by atoms with E-state index < -0.39 is 0 Å². The molecule has 1 aliphatic rings. The third-order valence-electron chi connectivity index (χ3n) is 2.51. The second-order valence-corrected chi connectivity index (χ2v) is 3.07. The monoisotopic (exact) mass is 214 g/mol. The van der Waals surface area contributed by atoms with Crippen molar-refractivity contribution in [2.45, 2.75) is 37.8 Å². The third kappa shape index (κ3) is 3.94. The fourth-order valence-corrected chi connectivity index (χ4v) is 1.82. The van der Waals surface area contributed by atoms with E-state index in [0.717, 1.165) is 0 Å². The fraction of sp³-hybridized carbons (Fsp3) is 1.00. The zero-order valence-electron chi connectivity index (χ0n) is 7.80. The van der Waals surface area contributed by atoms with Crippen molar-refractivity contribution in [3.05, 3.63) is 0 Å². The molecule has 12 heavy (non-hydrogen) atoms. The molecule has 0 aromatic carbocycles. The molecule has 0 radical (unpaired) electrons. The summed E-state index contributed by atoms with van der Waals surface area (Å²) in [6.45, 7) is 0. The van der Waals surface area contributed by atoms with Crippen molar-refractivity contribution < 1.29 is 0 Å². The molecule has 1 fully saturated rings. The summed E-state index contributed by atoms with van der Waals surface area (Å²) < 4.78 is 0. The topological polar surface area (TPSA) is 24.1 Å². The highest BCUT2D eigenvalue weighted by Gasteiger charge is 2.21. The van der Waals surface area contributed by atoms with E-state index >= 15 is 0 Å². The predicted molar refractivity (Wildman–Crippen MR) is 58.7 cm³/mol. The first-order valence-electron chi connectivity index (χ1n) is 4.23. The Kier molecular flexibility index (Phi) is 10.1. The molecule has 0 saturated heterocycles. The number of hydrogen-bond donors (Lipinski definition) is 2. The van der Waals surface area contributed by atoms with Crippen LogP contribution in [0.15, 0.2) is 0 Å².